The molecule has 0 aromatic heterocycles. The number of thiocarbonyl (C=S) groups is 1. The molecular weight excluding hydrogens is 274 g/mol. The molecule has 0 aliphatic carbocycles. The van der Waals surface area contributed by atoms with Gasteiger partial charge in [-0.3, -0.25) is 0 Å². The third-order valence-electron chi connectivity index (χ3n) is 2.88. The standard InChI is InChI=1S/C11H21NO6S/c1-2-3-4-17-11(19)12-10-9(16)8(15)7(14)6(5-13)18-10/h6-10,13-16H,2-5H2,1H3,(H,12,19)/t6-,7+,8+,9-,10-/m1/s1. The van der Waals surface area contributed by atoms with E-state index in [-0.39, 0.29) is 5.17 Å². The lowest BCUT2D eigenvalue weighted by atomic mass is 9.98. The predicted molar refractivity (Wildman–Crippen MR) is 70.4 cm³/mol. The SMILES string of the molecule is CCCCOC(=S)N[C@@H]1O[C@H](CO)[C@H](O)[C@H](O)[C@H]1O. The lowest BCUT2D eigenvalue weighted by molar-refractivity contribution is -0.233. The van der Waals surface area contributed by atoms with Gasteiger partial charge < -0.3 is 35.2 Å². The normalized spacial score (nSPS) is 34.9. The van der Waals surface area contributed by atoms with E-state index < -0.39 is 37.3 Å². The Morgan fingerprint density at radius 1 is 1.26 bits per heavy atom. The maximum atomic E-state index is 9.75. The molecule has 19 heavy (non-hydrogen) atoms. The number of nitrogens with one attached hydrogen (secondary N) is 1. The molecule has 0 radical (unpaired) electrons. The minimum absolute atomic E-state index is 0.0396. The van der Waals surface area contributed by atoms with E-state index in [0.29, 0.717) is 6.61 Å². The number of rotatable bonds is 5. The first-order valence-electron chi connectivity index (χ1n) is 6.25. The molecule has 1 aliphatic heterocycles. The Kier molecular flexibility index (Phi) is 6.90. The molecule has 0 unspecified atom stereocenters. The van der Waals surface area contributed by atoms with Crippen LogP contribution >= 0.6 is 12.2 Å². The van der Waals surface area contributed by atoms with E-state index in [9.17, 15) is 15.3 Å². The predicted octanol–water partition coefficient (Wildman–Crippen LogP) is -1.52. The zero-order chi connectivity index (χ0) is 14.4. The first kappa shape index (κ1) is 16.5. The van der Waals surface area contributed by atoms with Crippen LogP contribution in [0.25, 0.3) is 0 Å². The second kappa shape index (κ2) is 7.93. The smallest absolute Gasteiger partial charge is 0.258 e. The van der Waals surface area contributed by atoms with Gasteiger partial charge in [0.05, 0.1) is 13.2 Å². The van der Waals surface area contributed by atoms with Gasteiger partial charge in [0, 0.05) is 0 Å². The Hall–Kier alpha value is -0.510. The van der Waals surface area contributed by atoms with Crippen molar-refractivity contribution in [1.82, 2.24) is 5.32 Å². The molecule has 1 rings (SSSR count). The van der Waals surface area contributed by atoms with Crippen LogP contribution in [-0.2, 0) is 9.47 Å². The third-order valence-corrected chi connectivity index (χ3v) is 3.12. The molecule has 1 aliphatic rings. The van der Waals surface area contributed by atoms with Crippen molar-refractivity contribution < 1.29 is 29.9 Å². The lowest BCUT2D eigenvalue weighted by Crippen LogP contribution is -2.63. The summed E-state index contributed by atoms with van der Waals surface area (Å²) in [5.74, 6) is 0. The van der Waals surface area contributed by atoms with Gasteiger partial charge in [-0.1, -0.05) is 13.3 Å². The van der Waals surface area contributed by atoms with Crippen molar-refractivity contribution >= 4 is 17.4 Å². The second-order valence-electron chi connectivity index (χ2n) is 4.38. The fourth-order valence-corrected chi connectivity index (χ4v) is 1.89. The maximum absolute atomic E-state index is 9.75. The summed E-state index contributed by atoms with van der Waals surface area (Å²) < 4.78 is 10.4. The van der Waals surface area contributed by atoms with Crippen LogP contribution in [-0.4, -0.2) is 69.5 Å². The highest BCUT2D eigenvalue weighted by Crippen LogP contribution is 2.19. The van der Waals surface area contributed by atoms with Crippen LogP contribution in [0.1, 0.15) is 19.8 Å². The van der Waals surface area contributed by atoms with Crippen LogP contribution in [0.5, 0.6) is 0 Å². The number of aliphatic hydroxyl groups excluding tert-OH is 4. The van der Waals surface area contributed by atoms with Gasteiger partial charge in [-0.25, -0.2) is 0 Å². The molecule has 0 aromatic rings. The largest absolute Gasteiger partial charge is 0.471 e. The van der Waals surface area contributed by atoms with Crippen LogP contribution in [0.4, 0.5) is 0 Å². The van der Waals surface area contributed by atoms with Crippen molar-refractivity contribution in [2.24, 2.45) is 0 Å². The quantitative estimate of drug-likeness (QED) is 0.307. The van der Waals surface area contributed by atoms with Gasteiger partial charge in [0.25, 0.3) is 5.17 Å². The van der Waals surface area contributed by atoms with Gasteiger partial charge in [0.1, 0.15) is 24.4 Å². The minimum Gasteiger partial charge on any atom is -0.471 e. The molecule has 8 heteroatoms. The highest BCUT2D eigenvalue weighted by Gasteiger charge is 2.43. The highest BCUT2D eigenvalue weighted by atomic mass is 32.1. The molecule has 1 heterocycles. The van der Waals surface area contributed by atoms with Crippen molar-refractivity contribution in [3.63, 3.8) is 0 Å². The van der Waals surface area contributed by atoms with Gasteiger partial charge in [0.15, 0.2) is 6.23 Å². The average molecular weight is 295 g/mol. The molecule has 0 aromatic carbocycles. The summed E-state index contributed by atoms with van der Waals surface area (Å²) in [5, 5.41) is 40.6. The van der Waals surface area contributed by atoms with Gasteiger partial charge in [-0.05, 0) is 18.6 Å². The molecular formula is C11H21NO6S. The maximum Gasteiger partial charge on any atom is 0.258 e. The van der Waals surface area contributed by atoms with Gasteiger partial charge >= 0.3 is 0 Å². The second-order valence-corrected chi connectivity index (χ2v) is 4.75. The van der Waals surface area contributed by atoms with Gasteiger partial charge in [-0.15, -0.1) is 0 Å². The number of hydrogen-bond acceptors (Lipinski definition) is 7. The fraction of sp³-hybridized carbons (Fsp3) is 0.909. The third kappa shape index (κ3) is 4.51. The Morgan fingerprint density at radius 2 is 1.95 bits per heavy atom. The van der Waals surface area contributed by atoms with Crippen LogP contribution < -0.4 is 5.32 Å². The first-order chi connectivity index (χ1) is 9.01. The van der Waals surface area contributed by atoms with E-state index in [1.165, 1.54) is 0 Å². The molecule has 1 fully saturated rings. The Bertz CT molecular complexity index is 290. The van der Waals surface area contributed by atoms with Crippen LogP contribution in [0.15, 0.2) is 0 Å². The number of hydrogen-bond donors (Lipinski definition) is 5. The van der Waals surface area contributed by atoms with Crippen LogP contribution in [0, 0.1) is 0 Å². The molecule has 0 bridgehead atoms. The summed E-state index contributed by atoms with van der Waals surface area (Å²) in [6.07, 6.45) is -4.38. The molecule has 1 saturated heterocycles. The van der Waals surface area contributed by atoms with E-state index in [1.807, 2.05) is 6.92 Å². The molecule has 0 spiro atoms. The highest BCUT2D eigenvalue weighted by molar-refractivity contribution is 7.80. The molecule has 5 N–H and O–H groups in total. The number of unbranched alkanes of at least 4 members (excludes halogenated alkanes) is 1. The fourth-order valence-electron chi connectivity index (χ4n) is 1.69. The zero-order valence-corrected chi connectivity index (χ0v) is 11.5. The summed E-state index contributed by atoms with van der Waals surface area (Å²) in [6.45, 7) is 1.98. The van der Waals surface area contributed by atoms with E-state index in [1.54, 1.807) is 0 Å². The molecule has 112 valence electrons. The van der Waals surface area contributed by atoms with E-state index >= 15 is 0 Å². The van der Waals surface area contributed by atoms with Crippen LogP contribution in [0.2, 0.25) is 0 Å². The van der Waals surface area contributed by atoms with E-state index in [0.717, 1.165) is 12.8 Å². The topological polar surface area (TPSA) is 111 Å². The molecule has 5 atom stereocenters. The Labute approximate surface area is 117 Å². The summed E-state index contributed by atoms with van der Waals surface area (Å²) in [6, 6.07) is 0. The Morgan fingerprint density at radius 3 is 2.53 bits per heavy atom. The molecule has 0 saturated carbocycles. The minimum atomic E-state index is -1.43. The number of ether oxygens (including phenoxy) is 2. The van der Waals surface area contributed by atoms with Crippen LogP contribution in [0.3, 0.4) is 0 Å². The monoisotopic (exact) mass is 295 g/mol. The van der Waals surface area contributed by atoms with Crippen molar-refractivity contribution in [1.29, 1.82) is 0 Å². The number of aliphatic hydroxyl groups is 4. The summed E-state index contributed by atoms with van der Waals surface area (Å²) >= 11 is 4.91. The van der Waals surface area contributed by atoms with Crippen molar-refractivity contribution in [3.8, 4) is 0 Å². The Balaban J connectivity index is 2.49. The van der Waals surface area contributed by atoms with Gasteiger partial charge in [0.2, 0.25) is 0 Å². The molecule has 0 amide bonds. The molecule has 7 nitrogen and oxygen atoms in total. The zero-order valence-electron chi connectivity index (χ0n) is 10.7. The first-order valence-corrected chi connectivity index (χ1v) is 6.65. The van der Waals surface area contributed by atoms with Crippen molar-refractivity contribution in [3.05, 3.63) is 0 Å². The van der Waals surface area contributed by atoms with E-state index in [4.69, 9.17) is 26.8 Å². The van der Waals surface area contributed by atoms with Gasteiger partial charge in [-0.2, -0.15) is 0 Å². The summed E-state index contributed by atoms with van der Waals surface area (Å²) in [5.41, 5.74) is 0. The average Bonchev–Trinajstić information content (AvgIpc) is 2.39. The van der Waals surface area contributed by atoms with E-state index in [2.05, 4.69) is 5.32 Å². The van der Waals surface area contributed by atoms with Crippen molar-refractivity contribution in [2.75, 3.05) is 13.2 Å². The summed E-state index contributed by atoms with van der Waals surface area (Å²) in [4.78, 5) is 0. The lowest BCUT2D eigenvalue weighted by Gasteiger charge is -2.40. The van der Waals surface area contributed by atoms with Crippen molar-refractivity contribution in [2.45, 2.75) is 50.4 Å². The summed E-state index contributed by atoms with van der Waals surface area (Å²) in [7, 11) is 0.